The molecule has 0 aromatic carbocycles. The molecule has 0 fully saturated rings. The van der Waals surface area contributed by atoms with Crippen molar-refractivity contribution in [3.8, 4) is 0 Å². The van der Waals surface area contributed by atoms with Gasteiger partial charge < -0.3 is 10.2 Å². The van der Waals surface area contributed by atoms with Crippen LogP contribution in [0.3, 0.4) is 0 Å². The molecule has 0 aliphatic heterocycles. The number of carboxylic acid groups (broad SMARTS) is 1. The second-order valence-electron chi connectivity index (χ2n) is 3.21. The number of rotatable bonds is 6. The number of nitrogens with one attached hydrogen (secondary N) is 1. The minimum atomic E-state index is -4.08. The molecule has 0 aliphatic rings. The van der Waals surface area contributed by atoms with E-state index in [1.165, 1.54) is 0 Å². The van der Waals surface area contributed by atoms with Crippen LogP contribution in [0.2, 0.25) is 8.67 Å². The van der Waals surface area contributed by atoms with Crippen molar-refractivity contribution < 1.29 is 23.4 Å². The first-order chi connectivity index (χ1) is 8.27. The zero-order valence-electron chi connectivity index (χ0n) is 8.76. The molecule has 0 bridgehead atoms. The average molecular weight is 334 g/mol. The third-order valence-electron chi connectivity index (χ3n) is 1.93. The molecule has 0 spiro atoms. The van der Waals surface area contributed by atoms with Crippen LogP contribution in [0.15, 0.2) is 11.0 Å². The van der Waals surface area contributed by atoms with Gasteiger partial charge in [-0.2, -0.15) is 4.72 Å². The Kier molecular flexibility index (Phi) is 5.38. The molecule has 0 saturated heterocycles. The van der Waals surface area contributed by atoms with Crippen molar-refractivity contribution in [1.82, 2.24) is 4.72 Å². The fraction of sp³-hybridized carbons (Fsp3) is 0.375. The highest BCUT2D eigenvalue weighted by Crippen LogP contribution is 2.34. The second kappa shape index (κ2) is 6.18. The van der Waals surface area contributed by atoms with E-state index in [-0.39, 0.29) is 20.0 Å². The summed E-state index contributed by atoms with van der Waals surface area (Å²) in [5.41, 5.74) is 0. The van der Waals surface area contributed by atoms with Crippen LogP contribution in [0.25, 0.3) is 0 Å². The first kappa shape index (κ1) is 15.7. The number of halogens is 2. The maximum absolute atomic E-state index is 11.9. The van der Waals surface area contributed by atoms with E-state index in [2.05, 4.69) is 0 Å². The maximum Gasteiger partial charge on any atom is 0.321 e. The predicted octanol–water partition coefficient (Wildman–Crippen LogP) is 1.17. The van der Waals surface area contributed by atoms with Gasteiger partial charge in [0, 0.05) is 6.61 Å². The monoisotopic (exact) mass is 333 g/mol. The quantitative estimate of drug-likeness (QED) is 0.724. The lowest BCUT2D eigenvalue weighted by Gasteiger charge is -2.12. The lowest BCUT2D eigenvalue weighted by atomic mass is 10.2. The number of carbonyl (C=O) groups is 1. The molecule has 6 nitrogen and oxygen atoms in total. The van der Waals surface area contributed by atoms with Gasteiger partial charge in [0.1, 0.15) is 15.3 Å². The van der Waals surface area contributed by atoms with Crippen molar-refractivity contribution in [3.63, 3.8) is 0 Å². The van der Waals surface area contributed by atoms with Gasteiger partial charge in [-0.1, -0.05) is 23.2 Å². The zero-order chi connectivity index (χ0) is 13.9. The van der Waals surface area contributed by atoms with Gasteiger partial charge in [-0.15, -0.1) is 11.3 Å². The number of hydrogen-bond acceptors (Lipinski definition) is 5. The van der Waals surface area contributed by atoms with Crippen molar-refractivity contribution in [2.24, 2.45) is 0 Å². The zero-order valence-corrected chi connectivity index (χ0v) is 11.9. The van der Waals surface area contributed by atoms with Gasteiger partial charge in [0.25, 0.3) is 0 Å². The molecule has 1 rings (SSSR count). The van der Waals surface area contributed by atoms with Crippen molar-refractivity contribution >= 4 is 50.5 Å². The molecule has 0 unspecified atom stereocenters. The van der Waals surface area contributed by atoms with E-state index in [1.54, 1.807) is 0 Å². The van der Waals surface area contributed by atoms with E-state index >= 15 is 0 Å². The van der Waals surface area contributed by atoms with E-state index in [9.17, 15) is 13.2 Å². The smallest absolute Gasteiger partial charge is 0.321 e. The van der Waals surface area contributed by atoms with Crippen LogP contribution in [-0.2, 0) is 14.8 Å². The molecule has 3 N–H and O–H groups in total. The Morgan fingerprint density at radius 2 is 2.11 bits per heavy atom. The molecule has 1 heterocycles. The number of aliphatic hydroxyl groups excluding tert-OH is 1. The summed E-state index contributed by atoms with van der Waals surface area (Å²) in [4.78, 5) is 10.5. The minimum Gasteiger partial charge on any atom is -0.480 e. The van der Waals surface area contributed by atoms with Gasteiger partial charge in [-0.3, -0.25) is 4.79 Å². The number of aliphatic carboxylic acids is 1. The van der Waals surface area contributed by atoms with Gasteiger partial charge in [-0.25, -0.2) is 8.42 Å². The summed E-state index contributed by atoms with van der Waals surface area (Å²) in [6.07, 6.45) is -0.246. The van der Waals surface area contributed by atoms with Crippen molar-refractivity contribution in [3.05, 3.63) is 14.7 Å². The van der Waals surface area contributed by atoms with Crippen LogP contribution in [0.1, 0.15) is 6.42 Å². The Morgan fingerprint density at radius 1 is 1.50 bits per heavy atom. The van der Waals surface area contributed by atoms with E-state index in [4.69, 9.17) is 33.4 Å². The molecule has 0 saturated carbocycles. The van der Waals surface area contributed by atoms with E-state index in [0.717, 1.165) is 17.4 Å². The van der Waals surface area contributed by atoms with Crippen LogP contribution in [-0.4, -0.2) is 37.2 Å². The minimum absolute atomic E-state index is 0.0550. The number of aliphatic hydroxyl groups is 1. The molecule has 102 valence electrons. The predicted molar refractivity (Wildman–Crippen MR) is 67.8 cm³/mol. The van der Waals surface area contributed by atoms with Gasteiger partial charge in [0.2, 0.25) is 10.0 Å². The third-order valence-corrected chi connectivity index (χ3v) is 5.15. The third kappa shape index (κ3) is 3.81. The molecular weight excluding hydrogens is 325 g/mol. The summed E-state index contributed by atoms with van der Waals surface area (Å²) in [6.45, 7) is -0.461. The Hall–Kier alpha value is -0.380. The largest absolute Gasteiger partial charge is 0.480 e. The van der Waals surface area contributed by atoms with Gasteiger partial charge in [0.05, 0.1) is 4.34 Å². The van der Waals surface area contributed by atoms with E-state index < -0.39 is 28.6 Å². The summed E-state index contributed by atoms with van der Waals surface area (Å²) in [5.74, 6) is -1.38. The highest BCUT2D eigenvalue weighted by atomic mass is 35.5. The van der Waals surface area contributed by atoms with Crippen LogP contribution in [0, 0.1) is 0 Å². The number of sulfonamides is 1. The van der Waals surface area contributed by atoms with Crippen molar-refractivity contribution in [1.29, 1.82) is 0 Å². The number of hydrogen-bond donors (Lipinski definition) is 3. The van der Waals surface area contributed by atoms with Crippen molar-refractivity contribution in [2.75, 3.05) is 6.61 Å². The van der Waals surface area contributed by atoms with Crippen molar-refractivity contribution in [2.45, 2.75) is 17.4 Å². The average Bonchev–Trinajstić information content (AvgIpc) is 2.57. The van der Waals surface area contributed by atoms with Gasteiger partial charge in [-0.05, 0) is 12.5 Å². The summed E-state index contributed by atoms with van der Waals surface area (Å²) in [5, 5.41) is 17.5. The summed E-state index contributed by atoms with van der Waals surface area (Å²) >= 11 is 12.2. The molecule has 18 heavy (non-hydrogen) atoms. The molecule has 1 aromatic heterocycles. The molecule has 1 aromatic rings. The molecule has 10 heteroatoms. The lowest BCUT2D eigenvalue weighted by molar-refractivity contribution is -0.139. The normalized spacial score (nSPS) is 13.5. The molecule has 0 radical (unpaired) electrons. The van der Waals surface area contributed by atoms with E-state index in [1.807, 2.05) is 4.72 Å². The first-order valence-corrected chi connectivity index (χ1v) is 7.64. The number of carboxylic acids is 1. The molecule has 1 atom stereocenters. The Balaban J connectivity index is 3.00. The molecule has 0 aliphatic carbocycles. The van der Waals surface area contributed by atoms with Gasteiger partial charge in [0.15, 0.2) is 0 Å². The Bertz CT molecular complexity index is 542. The Morgan fingerprint density at radius 3 is 2.50 bits per heavy atom. The summed E-state index contributed by atoms with van der Waals surface area (Å²) in [6, 6.07) is -0.288. The van der Waals surface area contributed by atoms with Crippen LogP contribution < -0.4 is 4.72 Å². The van der Waals surface area contributed by atoms with Crippen LogP contribution in [0.4, 0.5) is 0 Å². The molecular formula is C8H9Cl2NO5S2. The first-order valence-electron chi connectivity index (χ1n) is 4.58. The Labute approximate surface area is 117 Å². The molecule has 0 amide bonds. The highest BCUT2D eigenvalue weighted by molar-refractivity contribution is 7.89. The highest BCUT2D eigenvalue weighted by Gasteiger charge is 2.27. The maximum atomic E-state index is 11.9. The lowest BCUT2D eigenvalue weighted by Crippen LogP contribution is -2.41. The SMILES string of the molecule is O=C(O)[C@@H](CCO)NS(=O)(=O)c1cc(Cl)sc1Cl. The fourth-order valence-electron chi connectivity index (χ4n) is 1.12. The van der Waals surface area contributed by atoms with E-state index in [0.29, 0.717) is 0 Å². The van der Waals surface area contributed by atoms with Crippen LogP contribution in [0.5, 0.6) is 0 Å². The number of thiophene rings is 1. The van der Waals surface area contributed by atoms with Gasteiger partial charge >= 0.3 is 5.97 Å². The summed E-state index contributed by atoms with van der Waals surface area (Å²) in [7, 11) is -4.08. The fourth-order valence-corrected chi connectivity index (χ4v) is 4.49. The topological polar surface area (TPSA) is 104 Å². The standard InChI is InChI=1S/C8H9Cl2NO5S2/c9-6-3-5(7(10)17-6)18(15,16)11-4(1-2-12)8(13)14/h3-4,11-12H,1-2H2,(H,13,14)/t4-/m1/s1. The second-order valence-corrected chi connectivity index (χ2v) is 7.18. The van der Waals surface area contributed by atoms with Crippen LogP contribution >= 0.6 is 34.5 Å². The summed E-state index contributed by atoms with van der Waals surface area (Å²) < 4.78 is 25.8.